The number of hydrogen-bond acceptors (Lipinski definition) is 5. The molecule has 158 valence electrons. The summed E-state index contributed by atoms with van der Waals surface area (Å²) in [6.45, 7) is 1.03. The first-order valence-corrected chi connectivity index (χ1v) is 13.3. The van der Waals surface area contributed by atoms with Gasteiger partial charge in [-0.05, 0) is 46.1 Å². The first-order chi connectivity index (χ1) is 14.5. The van der Waals surface area contributed by atoms with Gasteiger partial charge < -0.3 is 5.32 Å². The van der Waals surface area contributed by atoms with Crippen molar-refractivity contribution < 1.29 is 12.6 Å². The maximum Gasteiger partial charge on any atom is 0.264 e. The molecule has 0 aromatic heterocycles. The lowest BCUT2D eigenvalue weighted by Gasteiger charge is -2.25. The number of hydrogen-bond donors (Lipinski definition) is 1. The van der Waals surface area contributed by atoms with Crippen LogP contribution in [0.3, 0.4) is 0 Å². The van der Waals surface area contributed by atoms with Crippen LogP contribution >= 0.6 is 11.8 Å². The van der Waals surface area contributed by atoms with Gasteiger partial charge in [-0.2, -0.15) is 20.2 Å². The highest BCUT2D eigenvalue weighted by atomic mass is 32.2. The van der Waals surface area contributed by atoms with Gasteiger partial charge in [0.25, 0.3) is 10.1 Å². The number of fused-ring (bicyclic) bond motifs is 2. The number of thioether (sulfide) groups is 1. The predicted octanol–water partition coefficient (Wildman–Crippen LogP) is 5.36. The van der Waals surface area contributed by atoms with Gasteiger partial charge in [0.15, 0.2) is 0 Å². The molecule has 3 aromatic carbocycles. The summed E-state index contributed by atoms with van der Waals surface area (Å²) >= 11 is 1.82. The molecule has 0 saturated heterocycles. The molecule has 1 heterocycles. The highest BCUT2D eigenvalue weighted by Crippen LogP contribution is 2.45. The molecule has 6 heteroatoms. The van der Waals surface area contributed by atoms with Crippen molar-refractivity contribution >= 4 is 38.3 Å². The molecular formula is C24H27NO3S2. The van der Waals surface area contributed by atoms with E-state index in [1.807, 2.05) is 17.8 Å². The highest BCUT2D eigenvalue weighted by Gasteiger charge is 2.32. The lowest BCUT2D eigenvalue weighted by atomic mass is 9.80. The van der Waals surface area contributed by atoms with Gasteiger partial charge in [0, 0.05) is 23.9 Å². The fraction of sp³-hybridized carbons (Fsp3) is 0.333. The number of para-hydroxylation sites is 1. The molecule has 0 aliphatic carbocycles. The van der Waals surface area contributed by atoms with Crippen molar-refractivity contribution in [2.75, 3.05) is 31.0 Å². The molecule has 0 saturated carbocycles. The van der Waals surface area contributed by atoms with Crippen LogP contribution in [0.4, 0.5) is 5.69 Å². The topological polar surface area (TPSA) is 55.4 Å². The minimum atomic E-state index is -3.45. The second-order valence-corrected chi connectivity index (χ2v) is 10.3. The molecule has 0 bridgehead atoms. The summed E-state index contributed by atoms with van der Waals surface area (Å²) in [7, 11) is -3.45. The molecule has 0 radical (unpaired) electrons. The van der Waals surface area contributed by atoms with Crippen molar-refractivity contribution in [2.45, 2.75) is 24.0 Å². The molecular weight excluding hydrogens is 414 g/mol. The average Bonchev–Trinajstić information content (AvgIpc) is 3.15. The van der Waals surface area contributed by atoms with E-state index in [0.717, 1.165) is 18.6 Å². The lowest BCUT2D eigenvalue weighted by Crippen LogP contribution is -2.17. The molecule has 30 heavy (non-hydrogen) atoms. The Bertz CT molecular complexity index is 1140. The summed E-state index contributed by atoms with van der Waals surface area (Å²) in [5.41, 5.74) is 5.11. The van der Waals surface area contributed by atoms with Gasteiger partial charge in [-0.25, -0.2) is 0 Å². The van der Waals surface area contributed by atoms with E-state index in [4.69, 9.17) is 4.18 Å². The highest BCUT2D eigenvalue weighted by molar-refractivity contribution is 7.97. The van der Waals surface area contributed by atoms with Crippen molar-refractivity contribution in [3.8, 4) is 0 Å². The third-order valence-corrected chi connectivity index (χ3v) is 6.99. The van der Waals surface area contributed by atoms with Gasteiger partial charge in [-0.3, -0.25) is 4.18 Å². The van der Waals surface area contributed by atoms with Crippen LogP contribution in [-0.4, -0.2) is 34.1 Å². The van der Waals surface area contributed by atoms with E-state index in [9.17, 15) is 8.42 Å². The summed E-state index contributed by atoms with van der Waals surface area (Å²) < 4.78 is 28.2. The van der Waals surface area contributed by atoms with Crippen LogP contribution < -0.4 is 5.32 Å². The number of benzene rings is 3. The Kier molecular flexibility index (Phi) is 6.37. The molecule has 1 N–H and O–H groups in total. The monoisotopic (exact) mass is 441 g/mol. The Hall–Kier alpha value is -2.02. The molecule has 4 rings (SSSR count). The van der Waals surface area contributed by atoms with Crippen LogP contribution in [0.15, 0.2) is 60.7 Å². The SMILES string of the molecule is CSCc1cccc2c1NCC2C(CCOS(C)(=O)=O)c1ccc2ccccc2c1. The van der Waals surface area contributed by atoms with E-state index in [0.29, 0.717) is 6.42 Å². The molecule has 4 nitrogen and oxygen atoms in total. The first-order valence-electron chi connectivity index (χ1n) is 10.1. The lowest BCUT2D eigenvalue weighted by molar-refractivity contribution is 0.296. The van der Waals surface area contributed by atoms with Crippen molar-refractivity contribution in [2.24, 2.45) is 0 Å². The number of rotatable bonds is 8. The van der Waals surface area contributed by atoms with Crippen molar-refractivity contribution in [1.29, 1.82) is 0 Å². The maximum atomic E-state index is 11.5. The molecule has 2 unspecified atom stereocenters. The molecule has 2 atom stereocenters. The predicted molar refractivity (Wildman–Crippen MR) is 127 cm³/mol. The van der Waals surface area contributed by atoms with E-state index >= 15 is 0 Å². The first kappa shape index (κ1) is 21.2. The maximum absolute atomic E-state index is 11.5. The van der Waals surface area contributed by atoms with Gasteiger partial charge >= 0.3 is 0 Å². The van der Waals surface area contributed by atoms with Gasteiger partial charge in [0.05, 0.1) is 12.9 Å². The fourth-order valence-electron chi connectivity index (χ4n) is 4.47. The van der Waals surface area contributed by atoms with Crippen LogP contribution in [0.2, 0.25) is 0 Å². The molecule has 0 fully saturated rings. The summed E-state index contributed by atoms with van der Waals surface area (Å²) in [4.78, 5) is 0. The smallest absolute Gasteiger partial charge is 0.264 e. The van der Waals surface area contributed by atoms with Gasteiger partial charge in [-0.1, -0.05) is 60.7 Å². The van der Waals surface area contributed by atoms with E-state index in [1.165, 1.54) is 33.2 Å². The van der Waals surface area contributed by atoms with E-state index in [2.05, 4.69) is 66.2 Å². The van der Waals surface area contributed by atoms with Crippen LogP contribution in [-0.2, 0) is 20.1 Å². The Morgan fingerprint density at radius 1 is 1.10 bits per heavy atom. The number of nitrogens with one attached hydrogen (secondary N) is 1. The van der Waals surface area contributed by atoms with Crippen molar-refractivity contribution in [3.63, 3.8) is 0 Å². The van der Waals surface area contributed by atoms with Crippen molar-refractivity contribution in [1.82, 2.24) is 0 Å². The number of anilines is 1. The molecule has 0 amide bonds. The minimum Gasteiger partial charge on any atom is -0.384 e. The standard InChI is InChI=1S/C24H27NO3S2/c1-29-16-20-8-5-9-22-23(15-25-24(20)22)21(12-13-28-30(2,26)27)19-11-10-17-6-3-4-7-18(17)14-19/h3-11,14,21,23,25H,12-13,15-16H2,1-2H3. The quantitative estimate of drug-likeness (QED) is 0.477. The molecule has 0 spiro atoms. The van der Waals surface area contributed by atoms with Crippen LogP contribution in [0.1, 0.15) is 34.9 Å². The Morgan fingerprint density at radius 2 is 1.90 bits per heavy atom. The zero-order valence-corrected chi connectivity index (χ0v) is 18.9. The summed E-state index contributed by atoms with van der Waals surface area (Å²) in [5.74, 6) is 1.40. The van der Waals surface area contributed by atoms with Crippen LogP contribution in [0.5, 0.6) is 0 Å². The zero-order chi connectivity index (χ0) is 21.1. The minimum absolute atomic E-state index is 0.162. The third-order valence-electron chi connectivity index (χ3n) is 5.79. The second kappa shape index (κ2) is 9.00. The van der Waals surface area contributed by atoms with Crippen molar-refractivity contribution in [3.05, 3.63) is 77.4 Å². The van der Waals surface area contributed by atoms with Gasteiger partial charge in [-0.15, -0.1) is 0 Å². The van der Waals surface area contributed by atoms with Gasteiger partial charge in [0.1, 0.15) is 0 Å². The summed E-state index contributed by atoms with van der Waals surface area (Å²) in [6, 6.07) is 21.4. The molecule has 1 aliphatic heterocycles. The summed E-state index contributed by atoms with van der Waals surface area (Å²) in [5, 5.41) is 6.03. The van der Waals surface area contributed by atoms with Crippen LogP contribution in [0.25, 0.3) is 10.8 Å². The normalized spacial score (nSPS) is 16.9. The fourth-order valence-corrected chi connectivity index (χ4v) is 5.42. The molecule has 3 aromatic rings. The zero-order valence-electron chi connectivity index (χ0n) is 17.3. The Labute approximate surface area is 183 Å². The second-order valence-electron chi connectivity index (χ2n) is 7.83. The molecule has 1 aliphatic rings. The Balaban J connectivity index is 1.70. The van der Waals surface area contributed by atoms with E-state index < -0.39 is 10.1 Å². The largest absolute Gasteiger partial charge is 0.384 e. The van der Waals surface area contributed by atoms with Crippen LogP contribution in [0, 0.1) is 0 Å². The van der Waals surface area contributed by atoms with E-state index in [1.54, 1.807) is 0 Å². The summed E-state index contributed by atoms with van der Waals surface area (Å²) in [6.07, 6.45) is 3.87. The van der Waals surface area contributed by atoms with Gasteiger partial charge in [0.2, 0.25) is 0 Å². The Morgan fingerprint density at radius 3 is 2.67 bits per heavy atom. The average molecular weight is 442 g/mol. The third kappa shape index (κ3) is 4.66. The van der Waals surface area contributed by atoms with E-state index in [-0.39, 0.29) is 18.4 Å².